The highest BCUT2D eigenvalue weighted by molar-refractivity contribution is 9.10. The quantitative estimate of drug-likeness (QED) is 0.880. The average molecular weight is 326 g/mol. The van der Waals surface area contributed by atoms with Gasteiger partial charge in [-0.3, -0.25) is 0 Å². The molecule has 0 fully saturated rings. The van der Waals surface area contributed by atoms with Gasteiger partial charge in [0.15, 0.2) is 0 Å². The molecule has 0 aliphatic carbocycles. The molecule has 0 aliphatic heterocycles. The van der Waals surface area contributed by atoms with Gasteiger partial charge in [-0.25, -0.2) is 4.39 Å². The molecule has 0 spiro atoms. The van der Waals surface area contributed by atoms with Crippen molar-refractivity contribution in [3.63, 3.8) is 0 Å². The van der Waals surface area contributed by atoms with E-state index in [0.29, 0.717) is 4.90 Å². The first-order valence-electron chi connectivity index (χ1n) is 5.55. The summed E-state index contributed by atoms with van der Waals surface area (Å²) < 4.78 is 14.9. The fourth-order valence-electron chi connectivity index (χ4n) is 1.61. The molecule has 0 amide bonds. The minimum Gasteiger partial charge on any atom is -0.324 e. The summed E-state index contributed by atoms with van der Waals surface area (Å²) in [5.41, 5.74) is 6.71. The number of halogens is 2. The first-order valence-corrected chi connectivity index (χ1v) is 7.16. The standard InChI is InChI=1S/C14H13BrFNS/c1-9(17)12-3-2-4-13(16)14(12)18-11-7-5-10(15)6-8-11/h2-9H,17H2,1H3/t9-/m1/s1. The molecule has 0 saturated carbocycles. The van der Waals surface area contributed by atoms with Gasteiger partial charge in [0.25, 0.3) is 0 Å². The van der Waals surface area contributed by atoms with Gasteiger partial charge in [0.2, 0.25) is 0 Å². The van der Waals surface area contributed by atoms with E-state index in [1.54, 1.807) is 6.07 Å². The van der Waals surface area contributed by atoms with Crippen LogP contribution in [0.1, 0.15) is 18.5 Å². The molecule has 0 unspecified atom stereocenters. The molecule has 0 aliphatic rings. The van der Waals surface area contributed by atoms with Gasteiger partial charge in [0.05, 0.1) is 4.90 Å². The van der Waals surface area contributed by atoms with Gasteiger partial charge in [-0.15, -0.1) is 0 Å². The molecular weight excluding hydrogens is 313 g/mol. The topological polar surface area (TPSA) is 26.0 Å². The lowest BCUT2D eigenvalue weighted by Crippen LogP contribution is -2.07. The van der Waals surface area contributed by atoms with E-state index in [9.17, 15) is 4.39 Å². The van der Waals surface area contributed by atoms with Crippen LogP contribution >= 0.6 is 27.7 Å². The zero-order valence-corrected chi connectivity index (χ0v) is 12.3. The summed E-state index contributed by atoms with van der Waals surface area (Å²) in [6.07, 6.45) is 0. The molecule has 1 atom stereocenters. The molecule has 2 aromatic rings. The summed E-state index contributed by atoms with van der Waals surface area (Å²) in [5, 5.41) is 0. The van der Waals surface area contributed by atoms with E-state index >= 15 is 0 Å². The second-order valence-corrected chi connectivity index (χ2v) is 6.00. The third kappa shape index (κ3) is 3.13. The zero-order valence-electron chi connectivity index (χ0n) is 9.86. The Morgan fingerprint density at radius 2 is 1.83 bits per heavy atom. The lowest BCUT2D eigenvalue weighted by atomic mass is 10.1. The Kier molecular flexibility index (Phi) is 4.43. The summed E-state index contributed by atoms with van der Waals surface area (Å²) in [7, 11) is 0. The Balaban J connectivity index is 2.36. The Labute approximate surface area is 119 Å². The van der Waals surface area contributed by atoms with Crippen LogP contribution in [0.25, 0.3) is 0 Å². The van der Waals surface area contributed by atoms with Crippen LogP contribution in [-0.4, -0.2) is 0 Å². The van der Waals surface area contributed by atoms with Crippen LogP contribution in [0.15, 0.2) is 56.7 Å². The monoisotopic (exact) mass is 325 g/mol. The van der Waals surface area contributed by atoms with E-state index in [1.807, 2.05) is 37.3 Å². The summed E-state index contributed by atoms with van der Waals surface area (Å²) in [6.45, 7) is 1.86. The van der Waals surface area contributed by atoms with E-state index in [0.717, 1.165) is 14.9 Å². The van der Waals surface area contributed by atoms with Gasteiger partial charge in [-0.1, -0.05) is 39.8 Å². The molecule has 0 heterocycles. The van der Waals surface area contributed by atoms with Gasteiger partial charge in [-0.05, 0) is 42.8 Å². The molecule has 2 aromatic carbocycles. The maximum absolute atomic E-state index is 13.9. The van der Waals surface area contributed by atoms with Crippen molar-refractivity contribution in [3.05, 3.63) is 58.3 Å². The number of hydrogen-bond acceptors (Lipinski definition) is 2. The predicted molar refractivity (Wildman–Crippen MR) is 77.3 cm³/mol. The van der Waals surface area contributed by atoms with E-state index in [4.69, 9.17) is 5.73 Å². The summed E-state index contributed by atoms with van der Waals surface area (Å²) in [4.78, 5) is 1.60. The SMILES string of the molecule is C[C@@H](N)c1cccc(F)c1Sc1ccc(Br)cc1. The summed E-state index contributed by atoms with van der Waals surface area (Å²) >= 11 is 4.78. The molecule has 1 nitrogen and oxygen atoms in total. The number of nitrogens with two attached hydrogens (primary N) is 1. The van der Waals surface area contributed by atoms with Crippen molar-refractivity contribution in [1.82, 2.24) is 0 Å². The minimum atomic E-state index is -0.224. The van der Waals surface area contributed by atoms with Crippen molar-refractivity contribution in [2.75, 3.05) is 0 Å². The van der Waals surface area contributed by atoms with Crippen molar-refractivity contribution in [2.45, 2.75) is 22.8 Å². The van der Waals surface area contributed by atoms with E-state index < -0.39 is 0 Å². The molecule has 2 N–H and O–H groups in total. The van der Waals surface area contributed by atoms with E-state index in [2.05, 4.69) is 15.9 Å². The van der Waals surface area contributed by atoms with Crippen LogP contribution in [0.3, 0.4) is 0 Å². The molecule has 0 radical (unpaired) electrons. The fourth-order valence-corrected chi connectivity index (χ4v) is 2.92. The van der Waals surface area contributed by atoms with Crippen LogP contribution in [-0.2, 0) is 0 Å². The van der Waals surface area contributed by atoms with Gasteiger partial charge in [-0.2, -0.15) is 0 Å². The van der Waals surface area contributed by atoms with Gasteiger partial charge in [0.1, 0.15) is 5.82 Å². The number of benzene rings is 2. The lowest BCUT2D eigenvalue weighted by Gasteiger charge is -2.13. The highest BCUT2D eigenvalue weighted by Gasteiger charge is 2.12. The summed E-state index contributed by atoms with van der Waals surface area (Å²) in [6, 6.07) is 12.6. The minimum absolute atomic E-state index is 0.182. The van der Waals surface area contributed by atoms with Crippen LogP contribution in [0.5, 0.6) is 0 Å². The number of hydrogen-bond donors (Lipinski definition) is 1. The lowest BCUT2D eigenvalue weighted by molar-refractivity contribution is 0.591. The van der Waals surface area contributed by atoms with Crippen molar-refractivity contribution in [2.24, 2.45) is 5.73 Å². The maximum atomic E-state index is 13.9. The van der Waals surface area contributed by atoms with Crippen molar-refractivity contribution >= 4 is 27.7 Å². The molecule has 0 saturated heterocycles. The second-order valence-electron chi connectivity index (χ2n) is 4.00. The van der Waals surface area contributed by atoms with E-state index in [1.165, 1.54) is 17.8 Å². The molecule has 0 bridgehead atoms. The Morgan fingerprint density at radius 1 is 1.17 bits per heavy atom. The molecule has 94 valence electrons. The normalized spacial score (nSPS) is 12.4. The van der Waals surface area contributed by atoms with E-state index in [-0.39, 0.29) is 11.9 Å². The predicted octanol–water partition coefficient (Wildman–Crippen LogP) is 4.76. The van der Waals surface area contributed by atoms with Gasteiger partial charge in [0, 0.05) is 15.4 Å². The highest BCUT2D eigenvalue weighted by atomic mass is 79.9. The Hall–Kier alpha value is -0.840. The first kappa shape index (κ1) is 13.6. The maximum Gasteiger partial charge on any atom is 0.137 e. The largest absolute Gasteiger partial charge is 0.324 e. The molecule has 18 heavy (non-hydrogen) atoms. The van der Waals surface area contributed by atoms with Crippen molar-refractivity contribution < 1.29 is 4.39 Å². The molecule has 4 heteroatoms. The van der Waals surface area contributed by atoms with Crippen molar-refractivity contribution in [1.29, 1.82) is 0 Å². The third-order valence-electron chi connectivity index (χ3n) is 2.52. The molecule has 2 rings (SSSR count). The fraction of sp³-hybridized carbons (Fsp3) is 0.143. The Bertz CT molecular complexity index is 540. The van der Waals surface area contributed by atoms with Crippen LogP contribution in [0, 0.1) is 5.82 Å². The first-order chi connectivity index (χ1) is 8.58. The average Bonchev–Trinajstić information content (AvgIpc) is 2.34. The highest BCUT2D eigenvalue weighted by Crippen LogP contribution is 2.35. The number of rotatable bonds is 3. The smallest absolute Gasteiger partial charge is 0.137 e. The molecule has 0 aromatic heterocycles. The van der Waals surface area contributed by atoms with Crippen LogP contribution < -0.4 is 5.73 Å². The zero-order chi connectivity index (χ0) is 13.1. The summed E-state index contributed by atoms with van der Waals surface area (Å²) in [5.74, 6) is -0.224. The van der Waals surface area contributed by atoms with Gasteiger partial charge < -0.3 is 5.73 Å². The van der Waals surface area contributed by atoms with Gasteiger partial charge >= 0.3 is 0 Å². The van der Waals surface area contributed by atoms with Crippen LogP contribution in [0.2, 0.25) is 0 Å². The molecular formula is C14H13BrFNS. The second kappa shape index (κ2) is 5.87. The van der Waals surface area contributed by atoms with Crippen LogP contribution in [0.4, 0.5) is 4.39 Å². The van der Waals surface area contributed by atoms with Crippen molar-refractivity contribution in [3.8, 4) is 0 Å². The third-order valence-corrected chi connectivity index (χ3v) is 4.19. The Morgan fingerprint density at radius 3 is 2.44 bits per heavy atom.